The standard InChI is InChI=1S/C6H12ClN.C2H4O2/c7-5-1-3-6(8)4-2-5;1-2(3)4/h5-6H,1-4,8H2;1H3,(H,3,4). The number of alkyl halides is 1. The Hall–Kier alpha value is -0.280. The van der Waals surface area contributed by atoms with Gasteiger partial charge in [-0.15, -0.1) is 11.6 Å². The van der Waals surface area contributed by atoms with Crippen LogP contribution in [0.2, 0.25) is 0 Å². The monoisotopic (exact) mass is 193 g/mol. The van der Waals surface area contributed by atoms with Crippen molar-refractivity contribution >= 4 is 17.6 Å². The molecule has 1 saturated carbocycles. The van der Waals surface area contributed by atoms with Crippen molar-refractivity contribution in [1.29, 1.82) is 0 Å². The van der Waals surface area contributed by atoms with E-state index in [1.807, 2.05) is 0 Å². The lowest BCUT2D eigenvalue weighted by Gasteiger charge is -2.20. The Morgan fingerprint density at radius 2 is 1.75 bits per heavy atom. The molecule has 0 amide bonds. The Kier molecular flexibility index (Phi) is 6.11. The topological polar surface area (TPSA) is 63.3 Å². The fraction of sp³-hybridized carbons (Fsp3) is 0.875. The van der Waals surface area contributed by atoms with E-state index in [1.165, 1.54) is 0 Å². The summed E-state index contributed by atoms with van der Waals surface area (Å²) in [6.07, 6.45) is 4.47. The summed E-state index contributed by atoms with van der Waals surface area (Å²) in [5.41, 5.74) is 5.64. The van der Waals surface area contributed by atoms with Crippen molar-refractivity contribution < 1.29 is 9.90 Å². The summed E-state index contributed by atoms with van der Waals surface area (Å²) in [5.74, 6) is -0.833. The molecule has 0 aromatic heterocycles. The average Bonchev–Trinajstić information content (AvgIpc) is 1.94. The highest BCUT2D eigenvalue weighted by atomic mass is 35.5. The predicted molar refractivity (Wildman–Crippen MR) is 49.4 cm³/mol. The molecule has 3 nitrogen and oxygen atoms in total. The molecule has 1 aliphatic carbocycles. The number of hydrogen-bond acceptors (Lipinski definition) is 2. The van der Waals surface area contributed by atoms with Crippen molar-refractivity contribution in [3.8, 4) is 0 Å². The van der Waals surface area contributed by atoms with Gasteiger partial charge in [0.05, 0.1) is 0 Å². The molecule has 0 bridgehead atoms. The smallest absolute Gasteiger partial charge is 0.300 e. The third kappa shape index (κ3) is 7.82. The minimum absolute atomic E-state index is 0.412. The predicted octanol–water partition coefficient (Wildman–Crippen LogP) is 1.59. The van der Waals surface area contributed by atoms with Crippen LogP contribution in [0.3, 0.4) is 0 Å². The molecule has 0 atom stereocenters. The maximum Gasteiger partial charge on any atom is 0.300 e. The second-order valence-corrected chi connectivity index (χ2v) is 3.65. The van der Waals surface area contributed by atoms with Gasteiger partial charge < -0.3 is 10.8 Å². The summed E-state index contributed by atoms with van der Waals surface area (Å²) < 4.78 is 0. The van der Waals surface area contributed by atoms with Gasteiger partial charge in [0.2, 0.25) is 0 Å². The van der Waals surface area contributed by atoms with Gasteiger partial charge in [-0.05, 0) is 25.7 Å². The highest BCUT2D eigenvalue weighted by molar-refractivity contribution is 6.20. The lowest BCUT2D eigenvalue weighted by atomic mass is 9.96. The molecular formula is C8H16ClNO2. The van der Waals surface area contributed by atoms with Gasteiger partial charge in [0.25, 0.3) is 5.97 Å². The molecule has 4 heteroatoms. The number of hydrogen-bond donors (Lipinski definition) is 2. The van der Waals surface area contributed by atoms with Crippen LogP contribution in [0.5, 0.6) is 0 Å². The number of rotatable bonds is 0. The number of aliphatic carboxylic acids is 1. The minimum Gasteiger partial charge on any atom is -0.481 e. The van der Waals surface area contributed by atoms with Crippen LogP contribution in [-0.4, -0.2) is 22.5 Å². The number of carboxylic acid groups (broad SMARTS) is 1. The first-order valence-corrected chi connectivity index (χ1v) is 4.55. The maximum atomic E-state index is 9.00. The van der Waals surface area contributed by atoms with Crippen LogP contribution in [0.25, 0.3) is 0 Å². The number of carbonyl (C=O) groups is 1. The van der Waals surface area contributed by atoms with Gasteiger partial charge in [-0.1, -0.05) is 0 Å². The summed E-state index contributed by atoms with van der Waals surface area (Å²) in [5, 5.41) is 7.83. The molecule has 1 fully saturated rings. The number of carboxylic acids is 1. The fourth-order valence-corrected chi connectivity index (χ4v) is 1.33. The van der Waals surface area contributed by atoms with Gasteiger partial charge in [0, 0.05) is 18.3 Å². The zero-order chi connectivity index (χ0) is 9.56. The normalized spacial score (nSPS) is 28.6. The summed E-state index contributed by atoms with van der Waals surface area (Å²) >= 11 is 5.83. The summed E-state index contributed by atoms with van der Waals surface area (Å²) in [6.45, 7) is 1.08. The molecule has 0 saturated heterocycles. The van der Waals surface area contributed by atoms with E-state index >= 15 is 0 Å². The first-order chi connectivity index (χ1) is 5.52. The van der Waals surface area contributed by atoms with E-state index < -0.39 is 5.97 Å². The fourth-order valence-electron chi connectivity index (χ4n) is 1.08. The van der Waals surface area contributed by atoms with E-state index in [0.29, 0.717) is 11.4 Å². The van der Waals surface area contributed by atoms with E-state index in [4.69, 9.17) is 27.2 Å². The quantitative estimate of drug-likeness (QED) is 0.575. The molecule has 0 aliphatic heterocycles. The van der Waals surface area contributed by atoms with E-state index in [9.17, 15) is 0 Å². The first kappa shape index (κ1) is 11.7. The number of halogens is 1. The molecule has 1 rings (SSSR count). The molecule has 0 aromatic carbocycles. The highest BCUT2D eigenvalue weighted by Gasteiger charge is 2.15. The zero-order valence-electron chi connectivity index (χ0n) is 7.29. The zero-order valence-corrected chi connectivity index (χ0v) is 8.05. The van der Waals surface area contributed by atoms with Crippen LogP contribution in [0, 0.1) is 0 Å². The lowest BCUT2D eigenvalue weighted by molar-refractivity contribution is -0.134. The third-order valence-electron chi connectivity index (χ3n) is 1.70. The molecule has 0 aromatic rings. The second kappa shape index (κ2) is 6.26. The van der Waals surface area contributed by atoms with Gasteiger partial charge in [-0.25, -0.2) is 0 Å². The summed E-state index contributed by atoms with van der Waals surface area (Å²) in [4.78, 5) is 9.00. The molecular weight excluding hydrogens is 178 g/mol. The largest absolute Gasteiger partial charge is 0.481 e. The molecule has 0 unspecified atom stereocenters. The Bertz CT molecular complexity index is 119. The van der Waals surface area contributed by atoms with E-state index in [1.54, 1.807) is 0 Å². The summed E-state index contributed by atoms with van der Waals surface area (Å²) in [7, 11) is 0. The maximum absolute atomic E-state index is 9.00. The molecule has 0 heterocycles. The SMILES string of the molecule is CC(=O)O.NC1CCC(Cl)CC1. The second-order valence-electron chi connectivity index (χ2n) is 3.03. The summed E-state index contributed by atoms with van der Waals surface area (Å²) in [6, 6.07) is 0.435. The van der Waals surface area contributed by atoms with Gasteiger partial charge in [0.15, 0.2) is 0 Å². The van der Waals surface area contributed by atoms with Gasteiger partial charge in [-0.2, -0.15) is 0 Å². The van der Waals surface area contributed by atoms with Crippen molar-refractivity contribution in [3.63, 3.8) is 0 Å². The molecule has 0 spiro atoms. The van der Waals surface area contributed by atoms with Crippen molar-refractivity contribution in [2.45, 2.75) is 44.0 Å². The van der Waals surface area contributed by atoms with E-state index in [-0.39, 0.29) is 0 Å². The highest BCUT2D eigenvalue weighted by Crippen LogP contribution is 2.20. The van der Waals surface area contributed by atoms with Crippen LogP contribution < -0.4 is 5.73 Å². The van der Waals surface area contributed by atoms with Crippen LogP contribution in [0.4, 0.5) is 0 Å². The Balaban J connectivity index is 0.000000261. The van der Waals surface area contributed by atoms with Crippen molar-refractivity contribution in [2.24, 2.45) is 5.73 Å². The molecule has 12 heavy (non-hydrogen) atoms. The Morgan fingerprint density at radius 1 is 1.42 bits per heavy atom. The van der Waals surface area contributed by atoms with Crippen LogP contribution in [-0.2, 0) is 4.79 Å². The third-order valence-corrected chi connectivity index (χ3v) is 2.14. The van der Waals surface area contributed by atoms with Gasteiger partial charge in [0.1, 0.15) is 0 Å². The Morgan fingerprint density at radius 3 is 2.00 bits per heavy atom. The van der Waals surface area contributed by atoms with E-state index in [2.05, 4.69) is 0 Å². The van der Waals surface area contributed by atoms with Crippen LogP contribution in [0.1, 0.15) is 32.6 Å². The van der Waals surface area contributed by atoms with Gasteiger partial charge in [-0.3, -0.25) is 4.79 Å². The minimum atomic E-state index is -0.833. The van der Waals surface area contributed by atoms with E-state index in [0.717, 1.165) is 32.6 Å². The lowest BCUT2D eigenvalue weighted by Crippen LogP contribution is -2.26. The molecule has 72 valence electrons. The number of nitrogens with two attached hydrogens (primary N) is 1. The Labute approximate surface area is 77.9 Å². The molecule has 3 N–H and O–H groups in total. The first-order valence-electron chi connectivity index (χ1n) is 4.11. The van der Waals surface area contributed by atoms with Crippen molar-refractivity contribution in [2.75, 3.05) is 0 Å². The average molecular weight is 194 g/mol. The van der Waals surface area contributed by atoms with Crippen LogP contribution >= 0.6 is 11.6 Å². The van der Waals surface area contributed by atoms with Crippen molar-refractivity contribution in [1.82, 2.24) is 0 Å². The van der Waals surface area contributed by atoms with Crippen LogP contribution in [0.15, 0.2) is 0 Å². The molecule has 1 aliphatic rings. The molecule has 0 radical (unpaired) electrons. The van der Waals surface area contributed by atoms with Gasteiger partial charge >= 0.3 is 0 Å². The van der Waals surface area contributed by atoms with Crippen molar-refractivity contribution in [3.05, 3.63) is 0 Å².